The number of rotatable bonds is 4. The molecule has 3 heterocycles. The van der Waals surface area contributed by atoms with Crippen LogP contribution in [0.3, 0.4) is 0 Å². The number of ether oxygens (including phenoxy) is 2. The van der Waals surface area contributed by atoms with E-state index >= 15 is 0 Å². The van der Waals surface area contributed by atoms with Crippen molar-refractivity contribution in [3.63, 3.8) is 0 Å². The lowest BCUT2D eigenvalue weighted by Gasteiger charge is -2.25. The van der Waals surface area contributed by atoms with E-state index in [-0.39, 0.29) is 0 Å². The molecular formula is C19H18BrN3O3S. The topological polar surface area (TPSA) is 64.5 Å². The fourth-order valence-corrected chi connectivity index (χ4v) is 4.83. The number of pyridine rings is 1. The molecule has 140 valence electrons. The number of benzene rings is 1. The number of thiazole rings is 1. The Morgan fingerprint density at radius 3 is 2.89 bits per heavy atom. The van der Waals surface area contributed by atoms with Crippen LogP contribution in [0.15, 0.2) is 34.8 Å². The molecule has 2 aromatic heterocycles. The van der Waals surface area contributed by atoms with E-state index in [1.807, 2.05) is 12.1 Å². The number of carbonyl (C=O) groups excluding carboxylic acids is 1. The van der Waals surface area contributed by atoms with Crippen LogP contribution in [0.5, 0.6) is 0 Å². The molecule has 8 heteroatoms. The molecule has 0 bridgehead atoms. The molecule has 1 saturated heterocycles. The Morgan fingerprint density at radius 1 is 1.30 bits per heavy atom. The third-order valence-electron chi connectivity index (χ3n) is 4.38. The third kappa shape index (κ3) is 3.97. The predicted molar refractivity (Wildman–Crippen MR) is 109 cm³/mol. The summed E-state index contributed by atoms with van der Waals surface area (Å²) in [6, 6.07) is 9.56. The molecular weight excluding hydrogens is 430 g/mol. The molecule has 27 heavy (non-hydrogen) atoms. The van der Waals surface area contributed by atoms with Gasteiger partial charge in [-0.3, -0.25) is 0 Å². The fourth-order valence-electron chi connectivity index (χ4n) is 3.07. The molecule has 6 nitrogen and oxygen atoms in total. The molecule has 1 aliphatic rings. The highest BCUT2D eigenvalue weighted by Gasteiger charge is 2.18. The maximum Gasteiger partial charge on any atom is 0.356 e. The van der Waals surface area contributed by atoms with Crippen LogP contribution in [0.25, 0.3) is 10.2 Å². The van der Waals surface area contributed by atoms with Crippen molar-refractivity contribution in [3.8, 4) is 0 Å². The first-order chi connectivity index (χ1) is 13.1. The molecule has 0 amide bonds. The molecule has 0 spiro atoms. The van der Waals surface area contributed by atoms with Crippen LogP contribution in [-0.2, 0) is 15.9 Å². The standard InChI is InChI=1S/C19H18BrN3O3S/c1-25-18(24)15-4-2-3-14(21-15)10-12-9-13(20)11-16-17(12)22-19(27-16)23-5-7-26-8-6-23/h2-4,9,11H,5-8,10H2,1H3. The molecule has 0 aliphatic carbocycles. The van der Waals surface area contributed by atoms with E-state index in [2.05, 4.69) is 37.9 Å². The summed E-state index contributed by atoms with van der Waals surface area (Å²) < 4.78 is 12.3. The number of halogens is 1. The van der Waals surface area contributed by atoms with Crippen molar-refractivity contribution < 1.29 is 14.3 Å². The van der Waals surface area contributed by atoms with Gasteiger partial charge < -0.3 is 14.4 Å². The van der Waals surface area contributed by atoms with Gasteiger partial charge in [0, 0.05) is 29.7 Å². The van der Waals surface area contributed by atoms with Crippen molar-refractivity contribution in [3.05, 3.63) is 51.8 Å². The van der Waals surface area contributed by atoms with Crippen molar-refractivity contribution in [1.82, 2.24) is 9.97 Å². The van der Waals surface area contributed by atoms with Gasteiger partial charge in [-0.15, -0.1) is 0 Å². The Labute approximate surface area is 169 Å². The first-order valence-electron chi connectivity index (χ1n) is 8.60. The minimum absolute atomic E-state index is 0.313. The molecule has 0 radical (unpaired) electrons. The van der Waals surface area contributed by atoms with Crippen LogP contribution in [0.2, 0.25) is 0 Å². The second-order valence-corrected chi connectivity index (χ2v) is 8.11. The minimum Gasteiger partial charge on any atom is -0.464 e. The normalized spacial score (nSPS) is 14.5. The molecule has 0 atom stereocenters. The van der Waals surface area contributed by atoms with Gasteiger partial charge >= 0.3 is 5.97 Å². The summed E-state index contributed by atoms with van der Waals surface area (Å²) in [5.74, 6) is -0.431. The highest BCUT2D eigenvalue weighted by Crippen LogP contribution is 2.34. The Balaban J connectivity index is 1.69. The highest BCUT2D eigenvalue weighted by molar-refractivity contribution is 9.10. The first kappa shape index (κ1) is 18.3. The SMILES string of the molecule is COC(=O)c1cccc(Cc2cc(Br)cc3sc(N4CCOCC4)nc23)n1. The van der Waals surface area contributed by atoms with E-state index in [4.69, 9.17) is 14.5 Å². The van der Waals surface area contributed by atoms with Gasteiger partial charge in [0.2, 0.25) is 0 Å². The van der Waals surface area contributed by atoms with Crippen molar-refractivity contribution in [2.75, 3.05) is 38.3 Å². The van der Waals surface area contributed by atoms with Gasteiger partial charge in [0.1, 0.15) is 5.69 Å². The van der Waals surface area contributed by atoms with E-state index in [1.54, 1.807) is 17.4 Å². The fraction of sp³-hybridized carbons (Fsp3) is 0.316. The summed E-state index contributed by atoms with van der Waals surface area (Å²) in [5, 5.41) is 1.02. The predicted octanol–water partition coefficient (Wildman–Crippen LogP) is 3.67. The zero-order chi connectivity index (χ0) is 18.8. The maximum absolute atomic E-state index is 11.7. The van der Waals surface area contributed by atoms with Crippen LogP contribution >= 0.6 is 27.3 Å². The van der Waals surface area contributed by atoms with Crippen molar-refractivity contribution >= 4 is 48.6 Å². The van der Waals surface area contributed by atoms with Gasteiger partial charge in [0.05, 0.1) is 30.5 Å². The monoisotopic (exact) mass is 447 g/mol. The van der Waals surface area contributed by atoms with Crippen molar-refractivity contribution in [2.45, 2.75) is 6.42 Å². The van der Waals surface area contributed by atoms with Gasteiger partial charge in [-0.05, 0) is 29.8 Å². The largest absolute Gasteiger partial charge is 0.464 e. The Kier molecular flexibility index (Phi) is 5.38. The van der Waals surface area contributed by atoms with Crippen LogP contribution in [0, 0.1) is 0 Å². The van der Waals surface area contributed by atoms with Gasteiger partial charge in [0.15, 0.2) is 5.13 Å². The summed E-state index contributed by atoms with van der Waals surface area (Å²) >= 11 is 5.29. The number of hydrogen-bond acceptors (Lipinski definition) is 7. The van der Waals surface area contributed by atoms with Crippen LogP contribution < -0.4 is 4.90 Å². The second kappa shape index (κ2) is 7.92. The van der Waals surface area contributed by atoms with Crippen LogP contribution in [-0.4, -0.2) is 49.4 Å². The number of fused-ring (bicyclic) bond motifs is 1. The smallest absolute Gasteiger partial charge is 0.356 e. The number of morpholine rings is 1. The zero-order valence-corrected chi connectivity index (χ0v) is 17.2. The molecule has 1 aromatic carbocycles. The van der Waals surface area contributed by atoms with Gasteiger partial charge in [-0.1, -0.05) is 33.3 Å². The number of esters is 1. The Hall–Kier alpha value is -2.03. The van der Waals surface area contributed by atoms with Gasteiger partial charge in [-0.25, -0.2) is 14.8 Å². The molecule has 0 unspecified atom stereocenters. The molecule has 0 N–H and O–H groups in total. The zero-order valence-electron chi connectivity index (χ0n) is 14.8. The number of methoxy groups -OCH3 is 1. The van der Waals surface area contributed by atoms with E-state index in [1.165, 1.54) is 7.11 Å². The van der Waals surface area contributed by atoms with Crippen molar-refractivity contribution in [1.29, 1.82) is 0 Å². The number of anilines is 1. The first-order valence-corrected chi connectivity index (χ1v) is 10.2. The van der Waals surface area contributed by atoms with E-state index in [9.17, 15) is 4.79 Å². The second-order valence-electron chi connectivity index (χ2n) is 6.19. The Morgan fingerprint density at radius 2 is 2.11 bits per heavy atom. The Bertz CT molecular complexity index is 985. The quantitative estimate of drug-likeness (QED) is 0.568. The van der Waals surface area contributed by atoms with Crippen molar-refractivity contribution in [2.24, 2.45) is 0 Å². The number of nitrogens with zero attached hydrogens (tertiary/aromatic N) is 3. The minimum atomic E-state index is -0.431. The van der Waals surface area contributed by atoms with E-state index in [0.29, 0.717) is 12.1 Å². The van der Waals surface area contributed by atoms with Crippen LogP contribution in [0.1, 0.15) is 21.7 Å². The summed E-state index contributed by atoms with van der Waals surface area (Å²) in [4.78, 5) is 23.3. The number of carbonyl (C=O) groups is 1. The maximum atomic E-state index is 11.7. The number of aromatic nitrogens is 2. The van der Waals surface area contributed by atoms with E-state index < -0.39 is 5.97 Å². The van der Waals surface area contributed by atoms with E-state index in [0.717, 1.165) is 57.4 Å². The van der Waals surface area contributed by atoms with Crippen LogP contribution in [0.4, 0.5) is 5.13 Å². The molecule has 0 saturated carbocycles. The average Bonchev–Trinajstić information content (AvgIpc) is 3.12. The van der Waals surface area contributed by atoms with Gasteiger partial charge in [-0.2, -0.15) is 0 Å². The summed E-state index contributed by atoms with van der Waals surface area (Å²) in [6.45, 7) is 3.19. The number of hydrogen-bond donors (Lipinski definition) is 0. The third-order valence-corrected chi connectivity index (χ3v) is 5.90. The molecule has 1 aliphatic heterocycles. The average molecular weight is 448 g/mol. The molecule has 1 fully saturated rings. The summed E-state index contributed by atoms with van der Waals surface area (Å²) in [7, 11) is 1.36. The van der Waals surface area contributed by atoms with Gasteiger partial charge in [0.25, 0.3) is 0 Å². The summed E-state index contributed by atoms with van der Waals surface area (Å²) in [6.07, 6.45) is 0.590. The molecule has 4 rings (SSSR count). The highest BCUT2D eigenvalue weighted by atomic mass is 79.9. The lowest BCUT2D eigenvalue weighted by Crippen LogP contribution is -2.36. The molecule has 3 aromatic rings. The lowest BCUT2D eigenvalue weighted by molar-refractivity contribution is 0.0593. The lowest BCUT2D eigenvalue weighted by atomic mass is 10.1. The summed E-state index contributed by atoms with van der Waals surface area (Å²) in [5.41, 5.74) is 3.17.